The molecule has 1 aliphatic rings. The van der Waals surface area contributed by atoms with Crippen molar-refractivity contribution in [3.63, 3.8) is 0 Å². The molecular weight excluding hydrogens is 248 g/mol. The maximum atomic E-state index is 4.54. The van der Waals surface area contributed by atoms with Gasteiger partial charge in [-0.05, 0) is 55.8 Å². The molecule has 2 aromatic rings. The number of aromatic nitrogens is 2. The predicted molar refractivity (Wildman–Crippen MR) is 80.6 cm³/mol. The number of rotatable bonds is 4. The van der Waals surface area contributed by atoms with E-state index in [-0.39, 0.29) is 0 Å². The van der Waals surface area contributed by atoms with E-state index in [1.54, 1.807) is 0 Å². The largest absolute Gasteiger partial charge is 0.381 e. The molecule has 1 aliphatic heterocycles. The van der Waals surface area contributed by atoms with Crippen molar-refractivity contribution in [1.82, 2.24) is 15.3 Å². The molecule has 20 heavy (non-hydrogen) atoms. The molecule has 3 heterocycles. The maximum Gasteiger partial charge on any atom is 0.0456 e. The van der Waals surface area contributed by atoms with Crippen molar-refractivity contribution in [1.29, 1.82) is 0 Å². The zero-order valence-electron chi connectivity index (χ0n) is 11.5. The molecule has 4 nitrogen and oxygen atoms in total. The molecule has 1 saturated heterocycles. The Morgan fingerprint density at radius 2 is 1.90 bits per heavy atom. The maximum absolute atomic E-state index is 4.54. The van der Waals surface area contributed by atoms with Crippen LogP contribution >= 0.6 is 0 Å². The van der Waals surface area contributed by atoms with Gasteiger partial charge in [0.1, 0.15) is 0 Å². The van der Waals surface area contributed by atoms with Gasteiger partial charge in [0, 0.05) is 42.4 Å². The lowest BCUT2D eigenvalue weighted by Crippen LogP contribution is -2.27. The third-order valence-electron chi connectivity index (χ3n) is 3.78. The zero-order chi connectivity index (χ0) is 13.6. The highest BCUT2D eigenvalue weighted by atomic mass is 14.9. The van der Waals surface area contributed by atoms with E-state index in [0.717, 1.165) is 25.3 Å². The highest BCUT2D eigenvalue weighted by Crippen LogP contribution is 2.25. The number of anilines is 1. The van der Waals surface area contributed by atoms with Gasteiger partial charge in [0.15, 0.2) is 0 Å². The zero-order valence-corrected chi connectivity index (χ0v) is 11.5. The monoisotopic (exact) mass is 268 g/mol. The molecule has 1 fully saturated rings. The summed E-state index contributed by atoms with van der Waals surface area (Å²) in [6, 6.07) is 8.28. The molecule has 2 N–H and O–H groups in total. The molecule has 0 unspecified atom stereocenters. The lowest BCUT2D eigenvalue weighted by Gasteiger charge is -2.22. The minimum atomic E-state index is 0.596. The van der Waals surface area contributed by atoms with E-state index < -0.39 is 0 Å². The van der Waals surface area contributed by atoms with Gasteiger partial charge in [-0.1, -0.05) is 0 Å². The Bertz CT molecular complexity index is 535. The van der Waals surface area contributed by atoms with Gasteiger partial charge in [-0.25, -0.2) is 0 Å². The van der Waals surface area contributed by atoms with E-state index in [0.29, 0.717) is 5.92 Å². The second-order valence-electron chi connectivity index (χ2n) is 5.20. The predicted octanol–water partition coefficient (Wildman–Crippen LogP) is 2.56. The van der Waals surface area contributed by atoms with Crippen molar-refractivity contribution in [2.24, 2.45) is 0 Å². The SMILES string of the molecule is c1cc(CNc2ccnc(C3CCNCC3)c2)ccn1. The van der Waals surface area contributed by atoms with Crippen LogP contribution in [0, 0.1) is 0 Å². The Morgan fingerprint density at radius 1 is 1.10 bits per heavy atom. The molecule has 104 valence electrons. The molecule has 0 radical (unpaired) electrons. The van der Waals surface area contributed by atoms with E-state index in [4.69, 9.17) is 0 Å². The molecule has 2 aromatic heterocycles. The Labute approximate surface area is 119 Å². The third kappa shape index (κ3) is 3.33. The molecular formula is C16H20N4. The summed E-state index contributed by atoms with van der Waals surface area (Å²) >= 11 is 0. The van der Waals surface area contributed by atoms with E-state index in [2.05, 4.69) is 26.7 Å². The Morgan fingerprint density at radius 3 is 2.70 bits per heavy atom. The van der Waals surface area contributed by atoms with E-state index in [9.17, 15) is 0 Å². The molecule has 3 rings (SSSR count). The summed E-state index contributed by atoms with van der Waals surface area (Å²) in [5.41, 5.74) is 3.59. The van der Waals surface area contributed by atoms with Crippen LogP contribution in [0.4, 0.5) is 5.69 Å². The Kier molecular flexibility index (Phi) is 4.23. The van der Waals surface area contributed by atoms with Crippen molar-refractivity contribution in [3.8, 4) is 0 Å². The van der Waals surface area contributed by atoms with Gasteiger partial charge >= 0.3 is 0 Å². The van der Waals surface area contributed by atoms with E-state index in [1.807, 2.05) is 36.8 Å². The first kappa shape index (κ1) is 13.1. The van der Waals surface area contributed by atoms with Crippen molar-refractivity contribution >= 4 is 5.69 Å². The van der Waals surface area contributed by atoms with Crippen molar-refractivity contribution < 1.29 is 0 Å². The van der Waals surface area contributed by atoms with Crippen LogP contribution in [-0.4, -0.2) is 23.1 Å². The number of hydrogen-bond acceptors (Lipinski definition) is 4. The van der Waals surface area contributed by atoms with Crippen LogP contribution in [0.2, 0.25) is 0 Å². The van der Waals surface area contributed by atoms with Gasteiger partial charge in [0.05, 0.1) is 0 Å². The Hall–Kier alpha value is -1.94. The normalized spacial score (nSPS) is 16.0. The van der Waals surface area contributed by atoms with Crippen LogP contribution in [0.15, 0.2) is 42.9 Å². The van der Waals surface area contributed by atoms with Gasteiger partial charge in [-0.15, -0.1) is 0 Å². The number of piperidine rings is 1. The first-order valence-electron chi connectivity index (χ1n) is 7.21. The number of nitrogens with zero attached hydrogens (tertiary/aromatic N) is 2. The van der Waals surface area contributed by atoms with Crippen LogP contribution in [0.1, 0.15) is 30.0 Å². The summed E-state index contributed by atoms with van der Waals surface area (Å²) in [7, 11) is 0. The summed E-state index contributed by atoms with van der Waals surface area (Å²) in [6.07, 6.45) is 7.92. The Balaban J connectivity index is 1.65. The first-order valence-corrected chi connectivity index (χ1v) is 7.21. The summed E-state index contributed by atoms with van der Waals surface area (Å²) in [5, 5.41) is 6.85. The molecule has 0 saturated carbocycles. The number of pyridine rings is 2. The van der Waals surface area contributed by atoms with Gasteiger partial charge < -0.3 is 10.6 Å². The van der Waals surface area contributed by atoms with Crippen LogP contribution < -0.4 is 10.6 Å². The summed E-state index contributed by atoms with van der Waals surface area (Å²) in [6.45, 7) is 3.01. The summed E-state index contributed by atoms with van der Waals surface area (Å²) < 4.78 is 0. The second-order valence-corrected chi connectivity index (χ2v) is 5.20. The van der Waals surface area contributed by atoms with Crippen LogP contribution in [-0.2, 0) is 6.54 Å². The fourth-order valence-corrected chi connectivity index (χ4v) is 2.60. The van der Waals surface area contributed by atoms with Crippen molar-refractivity contribution in [3.05, 3.63) is 54.1 Å². The minimum Gasteiger partial charge on any atom is -0.381 e. The molecule has 0 spiro atoms. The minimum absolute atomic E-state index is 0.596. The van der Waals surface area contributed by atoms with Gasteiger partial charge in [0.2, 0.25) is 0 Å². The molecule has 0 aliphatic carbocycles. The number of hydrogen-bond donors (Lipinski definition) is 2. The van der Waals surface area contributed by atoms with Crippen LogP contribution in [0.5, 0.6) is 0 Å². The van der Waals surface area contributed by atoms with Crippen LogP contribution in [0.3, 0.4) is 0 Å². The van der Waals surface area contributed by atoms with Crippen LogP contribution in [0.25, 0.3) is 0 Å². The summed E-state index contributed by atoms with van der Waals surface area (Å²) in [4.78, 5) is 8.57. The van der Waals surface area contributed by atoms with Gasteiger partial charge in [0.25, 0.3) is 0 Å². The molecule has 0 atom stereocenters. The van der Waals surface area contributed by atoms with Gasteiger partial charge in [-0.3, -0.25) is 9.97 Å². The molecule has 4 heteroatoms. The van der Waals surface area contributed by atoms with Crippen molar-refractivity contribution in [2.75, 3.05) is 18.4 Å². The fraction of sp³-hybridized carbons (Fsp3) is 0.375. The molecule has 0 amide bonds. The third-order valence-corrected chi connectivity index (χ3v) is 3.78. The average molecular weight is 268 g/mol. The lowest BCUT2D eigenvalue weighted by atomic mass is 9.94. The highest BCUT2D eigenvalue weighted by Gasteiger charge is 2.16. The fourth-order valence-electron chi connectivity index (χ4n) is 2.60. The standard InChI is InChI=1S/C16H20N4/c1-6-17-7-2-13(1)12-20-15-5-10-19-16(11-15)14-3-8-18-9-4-14/h1-2,5-7,10-11,14,18H,3-4,8-9,12H2,(H,19,20). The lowest BCUT2D eigenvalue weighted by molar-refractivity contribution is 0.453. The smallest absolute Gasteiger partial charge is 0.0456 e. The van der Waals surface area contributed by atoms with Crippen molar-refractivity contribution in [2.45, 2.75) is 25.3 Å². The highest BCUT2D eigenvalue weighted by molar-refractivity contribution is 5.44. The quantitative estimate of drug-likeness (QED) is 0.894. The number of nitrogens with one attached hydrogen (secondary N) is 2. The summed E-state index contributed by atoms with van der Waals surface area (Å²) in [5.74, 6) is 0.596. The first-order chi connectivity index (χ1) is 9.92. The van der Waals surface area contributed by atoms with Gasteiger partial charge in [-0.2, -0.15) is 0 Å². The average Bonchev–Trinajstić information content (AvgIpc) is 2.55. The van der Waals surface area contributed by atoms with E-state index >= 15 is 0 Å². The molecule has 0 aromatic carbocycles. The second kappa shape index (κ2) is 6.48. The topological polar surface area (TPSA) is 49.8 Å². The molecule has 0 bridgehead atoms. The van der Waals surface area contributed by atoms with E-state index in [1.165, 1.54) is 24.1 Å².